The first-order chi connectivity index (χ1) is 8.53. The molecule has 1 heterocycles. The van der Waals surface area contributed by atoms with Gasteiger partial charge in [-0.2, -0.15) is 0 Å². The van der Waals surface area contributed by atoms with Crippen molar-refractivity contribution in [1.82, 2.24) is 4.98 Å². The zero-order valence-electron chi connectivity index (χ0n) is 10.7. The van der Waals surface area contributed by atoms with Crippen LogP contribution in [0.5, 0.6) is 0 Å². The summed E-state index contributed by atoms with van der Waals surface area (Å²) < 4.78 is 22.5. The topological polar surface area (TPSA) is 67.3 Å². The van der Waals surface area contributed by atoms with Crippen molar-refractivity contribution in [2.45, 2.75) is 38.7 Å². The van der Waals surface area contributed by atoms with Gasteiger partial charge in [0, 0.05) is 18.1 Å². The zero-order valence-corrected chi connectivity index (χ0v) is 11.6. The minimum absolute atomic E-state index is 0.176. The third-order valence-electron chi connectivity index (χ3n) is 2.95. The number of rotatable bonds is 8. The molecular formula is C13H21NO3S. The van der Waals surface area contributed by atoms with E-state index in [0.29, 0.717) is 19.3 Å². The minimum atomic E-state index is -2.90. The molecule has 1 N–H and O–H groups in total. The summed E-state index contributed by atoms with van der Waals surface area (Å²) in [7, 11) is -2.90. The van der Waals surface area contributed by atoms with E-state index in [2.05, 4.69) is 4.98 Å². The van der Waals surface area contributed by atoms with Gasteiger partial charge in [-0.05, 0) is 43.4 Å². The Morgan fingerprint density at radius 2 is 1.94 bits per heavy atom. The summed E-state index contributed by atoms with van der Waals surface area (Å²) in [5.41, 5.74) is 1.14. The van der Waals surface area contributed by atoms with E-state index < -0.39 is 15.9 Å². The van der Waals surface area contributed by atoms with Crippen LogP contribution in [0.1, 0.15) is 31.7 Å². The molecule has 0 bridgehead atoms. The highest BCUT2D eigenvalue weighted by Gasteiger charge is 2.10. The van der Waals surface area contributed by atoms with E-state index in [1.54, 1.807) is 19.3 Å². The number of sulfone groups is 1. The Kier molecular flexibility index (Phi) is 6.29. The highest BCUT2D eigenvalue weighted by atomic mass is 32.2. The van der Waals surface area contributed by atoms with Crippen LogP contribution >= 0.6 is 0 Å². The molecule has 0 spiro atoms. The molecule has 0 aliphatic rings. The Morgan fingerprint density at radius 1 is 1.28 bits per heavy atom. The maximum absolute atomic E-state index is 11.3. The minimum Gasteiger partial charge on any atom is -0.393 e. The maximum Gasteiger partial charge on any atom is 0.150 e. The van der Waals surface area contributed by atoms with Gasteiger partial charge in [0.1, 0.15) is 9.84 Å². The molecule has 18 heavy (non-hydrogen) atoms. The van der Waals surface area contributed by atoms with Gasteiger partial charge in [0.25, 0.3) is 0 Å². The van der Waals surface area contributed by atoms with Gasteiger partial charge in [-0.15, -0.1) is 0 Å². The predicted molar refractivity (Wildman–Crippen MR) is 72.1 cm³/mol. The summed E-state index contributed by atoms with van der Waals surface area (Å²) in [6.45, 7) is 1.65. The largest absolute Gasteiger partial charge is 0.393 e. The molecule has 5 heteroatoms. The lowest BCUT2D eigenvalue weighted by Gasteiger charge is -2.10. The highest BCUT2D eigenvalue weighted by Crippen LogP contribution is 2.09. The number of hydrogen-bond donors (Lipinski definition) is 1. The molecule has 1 aromatic heterocycles. The summed E-state index contributed by atoms with van der Waals surface area (Å²) in [6, 6.07) is 3.85. The number of aromatic nitrogens is 1. The Hall–Kier alpha value is -0.940. The molecule has 1 atom stereocenters. The van der Waals surface area contributed by atoms with Crippen molar-refractivity contribution in [2.75, 3.05) is 11.5 Å². The van der Waals surface area contributed by atoms with Crippen LogP contribution in [-0.2, 0) is 16.3 Å². The number of nitrogens with zero attached hydrogens (tertiary/aromatic N) is 1. The van der Waals surface area contributed by atoms with E-state index in [0.717, 1.165) is 12.0 Å². The Labute approximate surface area is 109 Å². The smallest absolute Gasteiger partial charge is 0.150 e. The monoisotopic (exact) mass is 271 g/mol. The average molecular weight is 271 g/mol. The molecule has 1 rings (SSSR count). The lowest BCUT2D eigenvalue weighted by atomic mass is 10.1. The number of hydrogen-bond acceptors (Lipinski definition) is 4. The van der Waals surface area contributed by atoms with E-state index in [4.69, 9.17) is 0 Å². The molecule has 0 fully saturated rings. The summed E-state index contributed by atoms with van der Waals surface area (Å²) in [4.78, 5) is 3.93. The van der Waals surface area contributed by atoms with Gasteiger partial charge in [-0.1, -0.05) is 6.92 Å². The maximum atomic E-state index is 11.3. The van der Waals surface area contributed by atoms with Crippen molar-refractivity contribution in [3.05, 3.63) is 30.1 Å². The van der Waals surface area contributed by atoms with Crippen molar-refractivity contribution in [3.8, 4) is 0 Å². The summed E-state index contributed by atoms with van der Waals surface area (Å²) in [5.74, 6) is 0.357. The normalized spacial score (nSPS) is 13.4. The van der Waals surface area contributed by atoms with E-state index >= 15 is 0 Å². The molecule has 0 radical (unpaired) electrons. The standard InChI is InChI=1S/C13H21NO3S/c1-2-18(16,17)11-3-4-13(15)6-5-12-7-9-14-10-8-12/h7-10,13,15H,2-6,11H2,1H3. The van der Waals surface area contributed by atoms with Crippen LogP contribution in [0.15, 0.2) is 24.5 Å². The summed E-state index contributed by atoms with van der Waals surface area (Å²) in [5, 5.41) is 9.77. The van der Waals surface area contributed by atoms with E-state index in [9.17, 15) is 13.5 Å². The van der Waals surface area contributed by atoms with Crippen molar-refractivity contribution in [2.24, 2.45) is 0 Å². The Bertz CT molecular complexity index is 431. The van der Waals surface area contributed by atoms with Crippen molar-refractivity contribution in [3.63, 3.8) is 0 Å². The van der Waals surface area contributed by atoms with Crippen LogP contribution in [0, 0.1) is 0 Å². The molecule has 0 aromatic carbocycles. The number of aryl methyl sites for hydroxylation is 1. The first-order valence-corrected chi connectivity index (χ1v) is 8.13. The molecule has 4 nitrogen and oxygen atoms in total. The van der Waals surface area contributed by atoms with Crippen LogP contribution in [-0.4, -0.2) is 36.1 Å². The second-order valence-corrected chi connectivity index (χ2v) is 6.90. The third-order valence-corrected chi connectivity index (χ3v) is 4.74. The average Bonchev–Trinajstić information content (AvgIpc) is 2.37. The molecular weight excluding hydrogens is 250 g/mol. The molecule has 0 aliphatic heterocycles. The number of aliphatic hydroxyl groups is 1. The second-order valence-electron chi connectivity index (χ2n) is 4.43. The van der Waals surface area contributed by atoms with Crippen molar-refractivity contribution < 1.29 is 13.5 Å². The van der Waals surface area contributed by atoms with Gasteiger partial charge in [0.2, 0.25) is 0 Å². The van der Waals surface area contributed by atoms with Crippen molar-refractivity contribution >= 4 is 9.84 Å². The summed E-state index contributed by atoms with van der Waals surface area (Å²) in [6.07, 6.45) is 5.58. The quantitative estimate of drug-likeness (QED) is 0.779. The van der Waals surface area contributed by atoms with Gasteiger partial charge in [0.05, 0.1) is 11.9 Å². The molecule has 1 unspecified atom stereocenters. The van der Waals surface area contributed by atoms with E-state index in [1.165, 1.54) is 0 Å². The first kappa shape index (κ1) is 15.1. The molecule has 0 aliphatic carbocycles. The first-order valence-electron chi connectivity index (χ1n) is 6.31. The number of aliphatic hydroxyl groups excluding tert-OH is 1. The van der Waals surface area contributed by atoms with Gasteiger partial charge in [-0.25, -0.2) is 8.42 Å². The molecule has 0 saturated heterocycles. The predicted octanol–water partition coefficient (Wildman–Crippen LogP) is 1.59. The van der Waals surface area contributed by atoms with Crippen LogP contribution in [0.4, 0.5) is 0 Å². The Balaban J connectivity index is 2.20. The molecule has 1 aromatic rings. The van der Waals surface area contributed by atoms with Crippen LogP contribution in [0.2, 0.25) is 0 Å². The SMILES string of the molecule is CCS(=O)(=O)CCCC(O)CCc1ccncc1. The molecule has 0 saturated carbocycles. The lowest BCUT2D eigenvalue weighted by Crippen LogP contribution is -2.13. The fraction of sp³-hybridized carbons (Fsp3) is 0.615. The summed E-state index contributed by atoms with van der Waals surface area (Å²) >= 11 is 0. The lowest BCUT2D eigenvalue weighted by molar-refractivity contribution is 0.154. The van der Waals surface area contributed by atoms with Crippen LogP contribution in [0.25, 0.3) is 0 Å². The zero-order chi connectivity index (χ0) is 13.4. The fourth-order valence-electron chi connectivity index (χ4n) is 1.71. The van der Waals surface area contributed by atoms with Gasteiger partial charge < -0.3 is 5.11 Å². The molecule has 0 amide bonds. The Morgan fingerprint density at radius 3 is 2.56 bits per heavy atom. The third kappa shape index (κ3) is 6.12. The van der Waals surface area contributed by atoms with Crippen molar-refractivity contribution in [1.29, 1.82) is 0 Å². The number of pyridine rings is 1. The van der Waals surface area contributed by atoms with E-state index in [1.807, 2.05) is 12.1 Å². The van der Waals surface area contributed by atoms with Crippen LogP contribution in [0.3, 0.4) is 0 Å². The molecule has 102 valence electrons. The second kappa shape index (κ2) is 7.48. The highest BCUT2D eigenvalue weighted by molar-refractivity contribution is 7.91. The van der Waals surface area contributed by atoms with Crippen LogP contribution < -0.4 is 0 Å². The van der Waals surface area contributed by atoms with Gasteiger partial charge >= 0.3 is 0 Å². The van der Waals surface area contributed by atoms with E-state index in [-0.39, 0.29) is 11.5 Å². The van der Waals surface area contributed by atoms with Gasteiger partial charge in [0.15, 0.2) is 0 Å². The van der Waals surface area contributed by atoms with Gasteiger partial charge in [-0.3, -0.25) is 4.98 Å². The fourth-order valence-corrected chi connectivity index (χ4v) is 2.61.